The summed E-state index contributed by atoms with van der Waals surface area (Å²) in [5.74, 6) is 0.851. The Balaban J connectivity index is 1.48. The molecule has 7 nitrogen and oxygen atoms in total. The number of thiazole rings is 1. The van der Waals surface area contributed by atoms with Gasteiger partial charge in [0.2, 0.25) is 5.91 Å². The van der Waals surface area contributed by atoms with Gasteiger partial charge in [-0.25, -0.2) is 4.98 Å². The highest BCUT2D eigenvalue weighted by atomic mass is 32.2. The third kappa shape index (κ3) is 5.76. The van der Waals surface area contributed by atoms with Crippen LogP contribution in [0, 0.1) is 12.8 Å². The lowest BCUT2D eigenvalue weighted by molar-refractivity contribution is -0.118. The predicted molar refractivity (Wildman–Crippen MR) is 136 cm³/mol. The standard InChI is InChI=1S/C24H31N5O2S2/c1-4-11-29-22(31)20-21(26-23(33-20)28-12-9-17(3)10-13-28)27-24(29)32-15-19(30)25-14-18-7-5-16(2)6-8-18/h5-8,17H,4,9-15H2,1-3H3,(H,25,30). The average molecular weight is 486 g/mol. The van der Waals surface area contributed by atoms with Crippen LogP contribution in [0.5, 0.6) is 0 Å². The molecule has 0 radical (unpaired) electrons. The Kier molecular flexibility index (Phi) is 7.70. The lowest BCUT2D eigenvalue weighted by atomic mass is 10.00. The molecular formula is C24H31N5O2S2. The van der Waals surface area contributed by atoms with Gasteiger partial charge in [-0.05, 0) is 37.7 Å². The zero-order valence-electron chi connectivity index (χ0n) is 19.5. The van der Waals surface area contributed by atoms with E-state index in [4.69, 9.17) is 9.97 Å². The maximum absolute atomic E-state index is 13.2. The van der Waals surface area contributed by atoms with Gasteiger partial charge in [0.05, 0.1) is 5.75 Å². The van der Waals surface area contributed by atoms with Gasteiger partial charge in [-0.15, -0.1) is 0 Å². The van der Waals surface area contributed by atoms with Gasteiger partial charge in [0, 0.05) is 26.2 Å². The van der Waals surface area contributed by atoms with Crippen molar-refractivity contribution in [2.75, 3.05) is 23.7 Å². The van der Waals surface area contributed by atoms with Gasteiger partial charge in [-0.3, -0.25) is 14.2 Å². The van der Waals surface area contributed by atoms with Crippen molar-refractivity contribution in [3.63, 3.8) is 0 Å². The monoisotopic (exact) mass is 485 g/mol. The van der Waals surface area contributed by atoms with E-state index in [1.807, 2.05) is 38.1 Å². The summed E-state index contributed by atoms with van der Waals surface area (Å²) >= 11 is 2.74. The topological polar surface area (TPSA) is 80.1 Å². The molecule has 1 aliphatic rings. The average Bonchev–Trinajstić information content (AvgIpc) is 3.24. The van der Waals surface area contributed by atoms with E-state index in [1.165, 1.54) is 28.7 Å². The second-order valence-electron chi connectivity index (χ2n) is 8.72. The number of carbonyl (C=O) groups is 1. The maximum atomic E-state index is 13.2. The van der Waals surface area contributed by atoms with Crippen molar-refractivity contribution < 1.29 is 4.79 Å². The molecular weight excluding hydrogens is 454 g/mol. The number of anilines is 1. The van der Waals surface area contributed by atoms with E-state index in [0.717, 1.165) is 49.0 Å². The zero-order valence-corrected chi connectivity index (χ0v) is 21.1. The summed E-state index contributed by atoms with van der Waals surface area (Å²) in [7, 11) is 0. The molecule has 9 heteroatoms. The van der Waals surface area contributed by atoms with Gasteiger partial charge >= 0.3 is 0 Å². The van der Waals surface area contributed by atoms with Gasteiger partial charge in [0.25, 0.3) is 5.56 Å². The summed E-state index contributed by atoms with van der Waals surface area (Å²) in [6, 6.07) is 8.09. The number of hydrogen-bond acceptors (Lipinski definition) is 7. The minimum atomic E-state index is -0.0839. The van der Waals surface area contributed by atoms with Crippen LogP contribution < -0.4 is 15.8 Å². The number of piperidine rings is 1. The van der Waals surface area contributed by atoms with Crippen molar-refractivity contribution in [1.82, 2.24) is 19.9 Å². The first-order chi connectivity index (χ1) is 15.9. The highest BCUT2D eigenvalue weighted by molar-refractivity contribution is 7.99. The molecule has 0 atom stereocenters. The molecule has 33 heavy (non-hydrogen) atoms. The van der Waals surface area contributed by atoms with E-state index in [1.54, 1.807) is 4.57 Å². The first-order valence-corrected chi connectivity index (χ1v) is 13.4. The third-order valence-corrected chi connectivity index (χ3v) is 7.98. The number of nitrogens with one attached hydrogen (secondary N) is 1. The highest BCUT2D eigenvalue weighted by Crippen LogP contribution is 2.30. The van der Waals surface area contributed by atoms with E-state index in [9.17, 15) is 9.59 Å². The number of hydrogen-bond donors (Lipinski definition) is 1. The summed E-state index contributed by atoms with van der Waals surface area (Å²) in [5, 5.41) is 4.38. The van der Waals surface area contributed by atoms with Crippen LogP contribution in [0.3, 0.4) is 0 Å². The van der Waals surface area contributed by atoms with E-state index in [2.05, 4.69) is 17.1 Å². The Bertz CT molecular complexity index is 1160. The largest absolute Gasteiger partial charge is 0.351 e. The fourth-order valence-electron chi connectivity index (χ4n) is 3.83. The predicted octanol–water partition coefficient (Wildman–Crippen LogP) is 4.22. The summed E-state index contributed by atoms with van der Waals surface area (Å²) in [6.45, 7) is 9.34. The molecule has 0 unspecified atom stereocenters. The second-order valence-corrected chi connectivity index (χ2v) is 10.6. The van der Waals surface area contributed by atoms with Crippen LogP contribution in [0.2, 0.25) is 0 Å². The van der Waals surface area contributed by atoms with Crippen LogP contribution in [0.1, 0.15) is 44.2 Å². The Morgan fingerprint density at radius 1 is 1.21 bits per heavy atom. The van der Waals surface area contributed by atoms with Crippen molar-refractivity contribution in [2.24, 2.45) is 5.92 Å². The van der Waals surface area contributed by atoms with Gasteiger partial charge in [-0.2, -0.15) is 4.98 Å². The quantitative estimate of drug-likeness (QED) is 0.380. The van der Waals surface area contributed by atoms with Crippen LogP contribution in [0.25, 0.3) is 10.3 Å². The number of thioether (sulfide) groups is 1. The molecule has 176 valence electrons. The van der Waals surface area contributed by atoms with E-state index >= 15 is 0 Å². The number of carbonyl (C=O) groups excluding carboxylic acids is 1. The second kappa shape index (κ2) is 10.7. The molecule has 1 aliphatic heterocycles. The minimum Gasteiger partial charge on any atom is -0.351 e. The Labute approximate surface area is 202 Å². The van der Waals surface area contributed by atoms with Crippen molar-refractivity contribution >= 4 is 44.5 Å². The molecule has 1 saturated heterocycles. The normalized spacial score (nSPS) is 14.7. The molecule has 1 fully saturated rings. The van der Waals surface area contributed by atoms with Crippen molar-refractivity contribution in [1.29, 1.82) is 0 Å². The molecule has 0 spiro atoms. The minimum absolute atomic E-state index is 0.0569. The fraction of sp³-hybridized carbons (Fsp3) is 0.500. The van der Waals surface area contributed by atoms with Crippen LogP contribution in [0.15, 0.2) is 34.2 Å². The van der Waals surface area contributed by atoms with Gasteiger partial charge < -0.3 is 10.2 Å². The Morgan fingerprint density at radius 2 is 1.94 bits per heavy atom. The molecule has 4 rings (SSSR count). The molecule has 1 amide bonds. The summed E-state index contributed by atoms with van der Waals surface area (Å²) in [5.41, 5.74) is 2.69. The highest BCUT2D eigenvalue weighted by Gasteiger charge is 2.22. The van der Waals surface area contributed by atoms with E-state index < -0.39 is 0 Å². The van der Waals surface area contributed by atoms with E-state index in [-0.39, 0.29) is 17.2 Å². The zero-order chi connectivity index (χ0) is 23.4. The number of aromatic nitrogens is 3. The lowest BCUT2D eigenvalue weighted by Crippen LogP contribution is -2.32. The Hall–Kier alpha value is -2.39. The summed E-state index contributed by atoms with van der Waals surface area (Å²) in [4.78, 5) is 37.3. The molecule has 0 aliphatic carbocycles. The van der Waals surface area contributed by atoms with Gasteiger partial charge in [-0.1, -0.05) is 66.8 Å². The number of aryl methyl sites for hydroxylation is 1. The van der Waals surface area contributed by atoms with E-state index in [0.29, 0.717) is 28.6 Å². The van der Waals surface area contributed by atoms with Crippen LogP contribution in [-0.2, 0) is 17.9 Å². The van der Waals surface area contributed by atoms with Crippen LogP contribution >= 0.6 is 23.1 Å². The van der Waals surface area contributed by atoms with Crippen molar-refractivity contribution in [2.45, 2.75) is 58.3 Å². The van der Waals surface area contributed by atoms with Gasteiger partial charge in [0.1, 0.15) is 4.70 Å². The number of benzene rings is 1. The van der Waals surface area contributed by atoms with Crippen molar-refractivity contribution in [3.05, 3.63) is 45.7 Å². The number of nitrogens with zero attached hydrogens (tertiary/aromatic N) is 4. The van der Waals surface area contributed by atoms with Gasteiger partial charge in [0.15, 0.2) is 15.9 Å². The molecule has 3 aromatic rings. The summed E-state index contributed by atoms with van der Waals surface area (Å²) in [6.07, 6.45) is 3.10. The fourth-order valence-corrected chi connectivity index (χ4v) is 5.68. The molecule has 1 aromatic carbocycles. The van der Waals surface area contributed by atoms with Crippen LogP contribution in [0.4, 0.5) is 5.13 Å². The summed E-state index contributed by atoms with van der Waals surface area (Å²) < 4.78 is 2.30. The maximum Gasteiger partial charge on any atom is 0.273 e. The molecule has 0 bridgehead atoms. The number of fused-ring (bicyclic) bond motifs is 1. The third-order valence-electron chi connectivity index (χ3n) is 5.91. The first-order valence-electron chi connectivity index (χ1n) is 11.6. The van der Waals surface area contributed by atoms with Crippen LogP contribution in [-0.4, -0.2) is 39.3 Å². The SMILES string of the molecule is CCCn1c(SCC(=O)NCc2ccc(C)cc2)nc2nc(N3CCC(C)CC3)sc2c1=O. The first kappa shape index (κ1) is 23.8. The number of rotatable bonds is 8. The molecule has 0 saturated carbocycles. The number of amides is 1. The van der Waals surface area contributed by atoms with Crippen molar-refractivity contribution in [3.8, 4) is 0 Å². The molecule has 3 heterocycles. The Morgan fingerprint density at radius 3 is 2.64 bits per heavy atom. The smallest absolute Gasteiger partial charge is 0.273 e. The lowest BCUT2D eigenvalue weighted by Gasteiger charge is -2.29. The molecule has 1 N–H and O–H groups in total. The molecule has 2 aromatic heterocycles.